The van der Waals surface area contributed by atoms with Crippen LogP contribution in [-0.2, 0) is 0 Å². The van der Waals surface area contributed by atoms with Crippen LogP contribution < -0.4 is 5.36 Å². The number of hydrogen-bond donors (Lipinski definition) is 0. The highest BCUT2D eigenvalue weighted by molar-refractivity contribution is 7.68. The molecule has 0 saturated heterocycles. The van der Waals surface area contributed by atoms with E-state index in [0.29, 0.717) is 0 Å². The van der Waals surface area contributed by atoms with Crippen molar-refractivity contribution >= 4 is 20.9 Å². The van der Waals surface area contributed by atoms with E-state index in [2.05, 4.69) is 15.4 Å². The highest BCUT2D eigenvalue weighted by Crippen LogP contribution is 2.25. The van der Waals surface area contributed by atoms with Crippen molar-refractivity contribution in [2.75, 3.05) is 7.05 Å². The number of aromatic nitrogens is 1. The Hall–Kier alpha value is -0.740. The van der Waals surface area contributed by atoms with Crippen LogP contribution in [-0.4, -0.2) is 11.4 Å². The van der Waals surface area contributed by atoms with E-state index in [9.17, 15) is 0 Å². The molecule has 0 N–H and O–H groups in total. The van der Waals surface area contributed by atoms with Crippen LogP contribution in [0.2, 0.25) is 0 Å². The molecule has 4 heteroatoms. The van der Waals surface area contributed by atoms with Gasteiger partial charge in [0.2, 0.25) is 0 Å². The molecule has 0 fully saturated rings. The van der Waals surface area contributed by atoms with Crippen molar-refractivity contribution in [2.24, 2.45) is 4.99 Å². The maximum Gasteiger partial charge on any atom is 0.0951 e. The molecule has 0 bridgehead atoms. The van der Waals surface area contributed by atoms with Crippen LogP contribution in [0.1, 0.15) is 0 Å². The Labute approximate surface area is 71.8 Å². The van der Waals surface area contributed by atoms with Gasteiger partial charge in [0.1, 0.15) is 0 Å². The summed E-state index contributed by atoms with van der Waals surface area (Å²) in [7, 11) is 5.01. The predicted octanol–water partition coefficient (Wildman–Crippen LogP) is 1.84. The number of hydrogen-bond acceptors (Lipinski definition) is 4. The van der Waals surface area contributed by atoms with Gasteiger partial charge in [-0.15, -0.1) is 0 Å². The first-order valence-electron chi connectivity index (χ1n) is 3.19. The van der Waals surface area contributed by atoms with Crippen molar-refractivity contribution in [3.8, 4) is 10.6 Å². The predicted molar refractivity (Wildman–Crippen MR) is 48.1 cm³/mol. The van der Waals surface area contributed by atoms with Crippen LogP contribution >= 0.6 is 20.9 Å². The van der Waals surface area contributed by atoms with Gasteiger partial charge in [-0.2, -0.15) is 4.37 Å². The highest BCUT2D eigenvalue weighted by Gasteiger charge is 2.02. The molecule has 0 aromatic heterocycles. The zero-order valence-electron chi connectivity index (χ0n) is 5.94. The van der Waals surface area contributed by atoms with Crippen molar-refractivity contribution in [1.29, 1.82) is 0 Å². The molecule has 0 radical (unpaired) electrons. The molecule has 0 spiro atoms. The third-order valence-corrected chi connectivity index (χ3v) is 3.30. The summed E-state index contributed by atoms with van der Waals surface area (Å²) >= 11 is 0. The van der Waals surface area contributed by atoms with Gasteiger partial charge in [-0.25, -0.2) is 0 Å². The Bertz CT molecular complexity index is 388. The second-order valence-electron chi connectivity index (χ2n) is 2.12. The van der Waals surface area contributed by atoms with Gasteiger partial charge in [0.15, 0.2) is 0 Å². The van der Waals surface area contributed by atoms with Gasteiger partial charge in [0, 0.05) is 17.6 Å². The van der Waals surface area contributed by atoms with E-state index < -0.39 is 0 Å². The summed E-state index contributed by atoms with van der Waals surface area (Å²) in [6, 6.07) is 6.04. The minimum absolute atomic E-state index is 1.02. The van der Waals surface area contributed by atoms with Crippen molar-refractivity contribution in [1.82, 2.24) is 4.37 Å². The molecular formula is C7H6N2S2. The first kappa shape index (κ1) is 6.94. The second kappa shape index (κ2) is 2.71. The normalized spacial score (nSPS) is 12.6. The van der Waals surface area contributed by atoms with Crippen LogP contribution in [0.25, 0.3) is 10.6 Å². The summed E-state index contributed by atoms with van der Waals surface area (Å²) in [4.78, 5) is 5.30. The van der Waals surface area contributed by atoms with Crippen molar-refractivity contribution in [2.45, 2.75) is 0 Å². The van der Waals surface area contributed by atoms with Crippen LogP contribution in [0, 0.1) is 0 Å². The van der Waals surface area contributed by atoms with E-state index in [4.69, 9.17) is 0 Å². The third kappa shape index (κ3) is 1.19. The van der Waals surface area contributed by atoms with Crippen molar-refractivity contribution in [3.63, 3.8) is 0 Å². The molecule has 1 heterocycles. The summed E-state index contributed by atoms with van der Waals surface area (Å²) in [5, 5.41) is 1.02. The van der Waals surface area contributed by atoms with E-state index >= 15 is 0 Å². The van der Waals surface area contributed by atoms with Crippen LogP contribution in [0.4, 0.5) is 0 Å². The van der Waals surface area contributed by atoms with Gasteiger partial charge in [-0.05, 0) is 18.2 Å². The lowest BCUT2D eigenvalue weighted by Gasteiger charge is -1.90. The fraction of sp³-hybridized carbons (Fsp3) is 0.143. The lowest BCUT2D eigenvalue weighted by Crippen LogP contribution is -1.98. The molecule has 0 saturated carbocycles. The summed E-state index contributed by atoms with van der Waals surface area (Å²) in [5.41, 5.74) is 1.08. The van der Waals surface area contributed by atoms with Gasteiger partial charge in [-0.1, -0.05) is 10.3 Å². The van der Waals surface area contributed by atoms with Gasteiger partial charge in [0.05, 0.1) is 15.9 Å². The summed E-state index contributed by atoms with van der Waals surface area (Å²) in [5.74, 6) is 0. The fourth-order valence-corrected chi connectivity index (χ4v) is 2.66. The molecule has 0 atom stereocenters. The maximum absolute atomic E-state index is 4.21. The van der Waals surface area contributed by atoms with E-state index in [1.54, 1.807) is 17.4 Å². The fourth-order valence-electron chi connectivity index (χ4n) is 0.883. The Kier molecular flexibility index (Phi) is 1.71. The SMILES string of the molecule is CN=c1ccc2nssc-2c1. The average molecular weight is 182 g/mol. The monoisotopic (exact) mass is 182 g/mol. The Balaban J connectivity index is 2.78. The minimum Gasteiger partial charge on any atom is -0.289 e. The molecule has 56 valence electrons. The first-order chi connectivity index (χ1) is 5.40. The van der Waals surface area contributed by atoms with E-state index in [1.165, 1.54) is 15.4 Å². The average Bonchev–Trinajstić information content (AvgIpc) is 2.50. The Morgan fingerprint density at radius 3 is 3.18 bits per heavy atom. The molecule has 0 aromatic rings. The number of fused-ring (bicyclic) bond motifs is 1. The largest absolute Gasteiger partial charge is 0.289 e. The molecule has 1 aliphatic carbocycles. The Morgan fingerprint density at radius 2 is 2.36 bits per heavy atom. The number of rotatable bonds is 0. The maximum atomic E-state index is 4.21. The zero-order chi connectivity index (χ0) is 7.68. The molecule has 1 aliphatic heterocycles. The van der Waals surface area contributed by atoms with E-state index in [1.807, 2.05) is 12.1 Å². The molecule has 0 unspecified atom stereocenters. The first-order valence-corrected chi connectivity index (χ1v) is 5.29. The smallest absolute Gasteiger partial charge is 0.0951 e. The zero-order valence-corrected chi connectivity index (χ0v) is 7.58. The third-order valence-electron chi connectivity index (χ3n) is 1.46. The van der Waals surface area contributed by atoms with E-state index in [0.717, 1.165) is 11.1 Å². The standard InChI is InChI=1S/C7H6N2S2/c1-8-5-2-3-6-7(4-5)10-11-9-6/h2-4H,1H3. The Morgan fingerprint density at radius 1 is 1.45 bits per heavy atom. The molecule has 2 aliphatic rings. The van der Waals surface area contributed by atoms with Gasteiger partial charge < -0.3 is 0 Å². The summed E-state index contributed by atoms with van der Waals surface area (Å²) < 4.78 is 4.21. The summed E-state index contributed by atoms with van der Waals surface area (Å²) in [6.07, 6.45) is 0. The molecule has 2 rings (SSSR count). The van der Waals surface area contributed by atoms with Crippen LogP contribution in [0.5, 0.6) is 0 Å². The molecular weight excluding hydrogens is 176 g/mol. The lowest BCUT2D eigenvalue weighted by molar-refractivity contribution is 1.27. The quantitative estimate of drug-likeness (QED) is 0.571. The lowest BCUT2D eigenvalue weighted by atomic mass is 10.2. The van der Waals surface area contributed by atoms with Crippen molar-refractivity contribution < 1.29 is 0 Å². The van der Waals surface area contributed by atoms with Crippen LogP contribution in [0.15, 0.2) is 23.2 Å². The van der Waals surface area contributed by atoms with Gasteiger partial charge in [0.25, 0.3) is 0 Å². The highest BCUT2D eigenvalue weighted by atomic mass is 32.9. The molecule has 2 nitrogen and oxygen atoms in total. The van der Waals surface area contributed by atoms with Gasteiger partial charge >= 0.3 is 0 Å². The second-order valence-corrected chi connectivity index (χ2v) is 4.01. The topological polar surface area (TPSA) is 25.2 Å². The molecule has 0 amide bonds. The number of benzene rings is 1. The van der Waals surface area contributed by atoms with E-state index in [-0.39, 0.29) is 0 Å². The number of nitrogens with zero attached hydrogens (tertiary/aromatic N) is 2. The van der Waals surface area contributed by atoms with Crippen molar-refractivity contribution in [3.05, 3.63) is 23.6 Å². The minimum atomic E-state index is 1.02. The molecule has 11 heavy (non-hydrogen) atoms. The molecule has 0 aromatic carbocycles. The van der Waals surface area contributed by atoms with Gasteiger partial charge in [-0.3, -0.25) is 4.99 Å². The summed E-state index contributed by atoms with van der Waals surface area (Å²) in [6.45, 7) is 0. The van der Waals surface area contributed by atoms with Crippen LogP contribution in [0.3, 0.4) is 0 Å².